The monoisotopic (exact) mass is 527 g/mol. The highest BCUT2D eigenvalue weighted by Crippen LogP contribution is 2.35. The van der Waals surface area contributed by atoms with Crippen LogP contribution in [0.1, 0.15) is 43.2 Å². The van der Waals surface area contributed by atoms with Gasteiger partial charge in [-0.05, 0) is 61.6 Å². The Hall–Kier alpha value is -2.79. The van der Waals surface area contributed by atoms with E-state index >= 15 is 0 Å². The lowest BCUT2D eigenvalue weighted by Gasteiger charge is -2.33. The first-order chi connectivity index (χ1) is 17.1. The van der Waals surface area contributed by atoms with Gasteiger partial charge in [0, 0.05) is 25.6 Å². The third-order valence-corrected chi connectivity index (χ3v) is 7.70. The van der Waals surface area contributed by atoms with E-state index in [9.17, 15) is 26.4 Å². The molecular formula is C25H28F3NO6S. The van der Waals surface area contributed by atoms with Gasteiger partial charge < -0.3 is 18.6 Å². The van der Waals surface area contributed by atoms with Gasteiger partial charge in [-0.1, -0.05) is 18.6 Å². The third kappa shape index (κ3) is 6.12. The minimum absolute atomic E-state index is 0.0262. The predicted molar refractivity (Wildman–Crippen MR) is 124 cm³/mol. The fourth-order valence-corrected chi connectivity index (χ4v) is 5.26. The number of rotatable bonds is 9. The Kier molecular flexibility index (Phi) is 7.79. The second kappa shape index (κ2) is 10.7. The van der Waals surface area contributed by atoms with Crippen molar-refractivity contribution in [3.63, 3.8) is 0 Å². The van der Waals surface area contributed by atoms with Crippen LogP contribution in [0.4, 0.5) is 13.2 Å². The average molecular weight is 528 g/mol. The smallest absolute Gasteiger partial charge is 0.416 e. The fourth-order valence-electron chi connectivity index (χ4n) is 4.28. The van der Waals surface area contributed by atoms with Crippen LogP contribution in [0.25, 0.3) is 0 Å². The average Bonchev–Trinajstić information content (AvgIpc) is 3.30. The molecule has 36 heavy (non-hydrogen) atoms. The number of benzene rings is 2. The van der Waals surface area contributed by atoms with E-state index in [0.29, 0.717) is 24.8 Å². The van der Waals surface area contributed by atoms with Crippen LogP contribution in [-0.4, -0.2) is 45.6 Å². The summed E-state index contributed by atoms with van der Waals surface area (Å²) in [5, 5.41) is 0. The molecule has 1 saturated carbocycles. The molecular weight excluding hydrogens is 499 g/mol. The van der Waals surface area contributed by atoms with Crippen molar-refractivity contribution in [2.75, 3.05) is 20.3 Å². The molecule has 4 rings (SSSR count). The molecule has 2 aromatic carbocycles. The van der Waals surface area contributed by atoms with E-state index in [1.807, 2.05) is 0 Å². The van der Waals surface area contributed by atoms with Crippen molar-refractivity contribution in [2.45, 2.75) is 55.8 Å². The standard InChI is InChI=1S/C25H28F3NO6S/c1-33-22-11-10-17(15-29(16-20-8-4-12-34-20)24(30)18-5-2-6-18)13-23(22)35-36(31,32)21-9-3-7-19(14-21)25(26,27)28/h3,7,9-11,13-14,18,20H,2,4-6,8,12,15-16H2,1H3/t20-/m0/s1. The number of carbonyl (C=O) groups is 1. The van der Waals surface area contributed by atoms with Gasteiger partial charge >= 0.3 is 16.3 Å². The molecule has 0 aromatic heterocycles. The number of nitrogens with zero attached hydrogens (tertiary/aromatic N) is 1. The van der Waals surface area contributed by atoms with E-state index in [-0.39, 0.29) is 36.0 Å². The summed E-state index contributed by atoms with van der Waals surface area (Å²) >= 11 is 0. The lowest BCUT2D eigenvalue weighted by atomic mass is 9.84. The van der Waals surface area contributed by atoms with Crippen LogP contribution in [0.2, 0.25) is 0 Å². The van der Waals surface area contributed by atoms with Gasteiger partial charge in [-0.3, -0.25) is 4.79 Å². The van der Waals surface area contributed by atoms with Gasteiger partial charge in [-0.2, -0.15) is 21.6 Å². The topological polar surface area (TPSA) is 82.1 Å². The van der Waals surface area contributed by atoms with Crippen LogP contribution < -0.4 is 8.92 Å². The number of hydrogen-bond acceptors (Lipinski definition) is 6. The molecule has 2 aliphatic rings. The summed E-state index contributed by atoms with van der Waals surface area (Å²) in [7, 11) is -3.28. The van der Waals surface area contributed by atoms with Crippen LogP contribution in [0.3, 0.4) is 0 Å². The molecule has 0 radical (unpaired) electrons. The first-order valence-electron chi connectivity index (χ1n) is 11.8. The van der Waals surface area contributed by atoms with Crippen LogP contribution >= 0.6 is 0 Å². The normalized spacial score (nSPS) is 18.5. The van der Waals surface area contributed by atoms with Crippen molar-refractivity contribution in [2.24, 2.45) is 5.92 Å². The van der Waals surface area contributed by atoms with Gasteiger partial charge in [-0.25, -0.2) is 0 Å². The molecule has 1 heterocycles. The second-order valence-electron chi connectivity index (χ2n) is 9.03. The molecule has 2 fully saturated rings. The van der Waals surface area contributed by atoms with Crippen LogP contribution in [0.5, 0.6) is 11.5 Å². The van der Waals surface area contributed by atoms with Gasteiger partial charge in [0.25, 0.3) is 0 Å². The summed E-state index contributed by atoms with van der Waals surface area (Å²) in [6.45, 7) is 1.29. The minimum atomic E-state index is -4.71. The fraction of sp³-hybridized carbons (Fsp3) is 0.480. The Bertz CT molecular complexity index is 1190. The lowest BCUT2D eigenvalue weighted by Crippen LogP contribution is -2.42. The van der Waals surface area contributed by atoms with Crippen LogP contribution in [-0.2, 0) is 32.4 Å². The van der Waals surface area contributed by atoms with Crippen LogP contribution in [0.15, 0.2) is 47.4 Å². The van der Waals surface area contributed by atoms with E-state index in [4.69, 9.17) is 13.7 Å². The molecule has 0 N–H and O–H groups in total. The van der Waals surface area contributed by atoms with Crippen molar-refractivity contribution < 1.29 is 40.0 Å². The van der Waals surface area contributed by atoms with Crippen molar-refractivity contribution >= 4 is 16.0 Å². The first kappa shape index (κ1) is 26.3. The van der Waals surface area contributed by atoms with Gasteiger partial charge in [0.1, 0.15) is 4.90 Å². The maximum atomic E-state index is 13.1. The zero-order valence-electron chi connectivity index (χ0n) is 19.8. The lowest BCUT2D eigenvalue weighted by molar-refractivity contribution is -0.140. The zero-order chi connectivity index (χ0) is 25.9. The number of hydrogen-bond donors (Lipinski definition) is 0. The number of alkyl halides is 3. The van der Waals surface area contributed by atoms with E-state index in [2.05, 4.69) is 0 Å². The Morgan fingerprint density at radius 2 is 1.86 bits per heavy atom. The molecule has 0 unspecified atom stereocenters. The molecule has 11 heteroatoms. The Morgan fingerprint density at radius 3 is 2.47 bits per heavy atom. The van der Waals surface area contributed by atoms with Crippen molar-refractivity contribution in [1.82, 2.24) is 4.90 Å². The number of methoxy groups -OCH3 is 1. The summed E-state index contributed by atoms with van der Waals surface area (Å²) in [5.74, 6) is -0.0841. The molecule has 0 bridgehead atoms. The quantitative estimate of drug-likeness (QED) is 0.436. The summed E-state index contributed by atoms with van der Waals surface area (Å²) < 4.78 is 81.0. The SMILES string of the molecule is COc1ccc(CN(C[C@@H]2CCCO2)C(=O)C2CCC2)cc1OS(=O)(=O)c1cccc(C(F)(F)F)c1. The van der Waals surface area contributed by atoms with E-state index < -0.39 is 26.8 Å². The van der Waals surface area contributed by atoms with Crippen molar-refractivity contribution in [3.05, 3.63) is 53.6 Å². The molecule has 1 aliphatic heterocycles. The summed E-state index contributed by atoms with van der Waals surface area (Å²) in [4.78, 5) is 14.2. The zero-order valence-corrected chi connectivity index (χ0v) is 20.6. The summed E-state index contributed by atoms with van der Waals surface area (Å²) in [6, 6.07) is 7.96. The van der Waals surface area contributed by atoms with E-state index in [1.54, 1.807) is 11.0 Å². The Balaban J connectivity index is 1.58. The molecule has 1 atom stereocenters. The molecule has 2 aromatic rings. The van der Waals surface area contributed by atoms with Gasteiger partial charge in [-0.15, -0.1) is 0 Å². The number of amides is 1. The van der Waals surface area contributed by atoms with Gasteiger partial charge in [0.15, 0.2) is 11.5 Å². The highest BCUT2D eigenvalue weighted by Gasteiger charge is 2.33. The third-order valence-electron chi connectivity index (χ3n) is 6.47. The van der Waals surface area contributed by atoms with E-state index in [0.717, 1.165) is 50.3 Å². The maximum absolute atomic E-state index is 13.1. The Morgan fingerprint density at radius 1 is 1.08 bits per heavy atom. The molecule has 1 saturated heterocycles. The number of carbonyl (C=O) groups excluding carboxylic acids is 1. The highest BCUT2D eigenvalue weighted by molar-refractivity contribution is 7.87. The Labute approximate surface area is 208 Å². The molecule has 196 valence electrons. The predicted octanol–water partition coefficient (Wildman–Crippen LogP) is 4.79. The summed E-state index contributed by atoms with van der Waals surface area (Å²) in [5.41, 5.74) is -0.511. The molecule has 0 spiro atoms. The molecule has 1 aliphatic carbocycles. The number of ether oxygens (including phenoxy) is 2. The van der Waals surface area contributed by atoms with Gasteiger partial charge in [0.05, 0.1) is 18.8 Å². The van der Waals surface area contributed by atoms with Gasteiger partial charge in [0.2, 0.25) is 5.91 Å². The van der Waals surface area contributed by atoms with Crippen molar-refractivity contribution in [1.29, 1.82) is 0 Å². The molecule has 1 amide bonds. The second-order valence-corrected chi connectivity index (χ2v) is 10.6. The maximum Gasteiger partial charge on any atom is 0.416 e. The van der Waals surface area contributed by atoms with Crippen LogP contribution in [0, 0.1) is 5.92 Å². The van der Waals surface area contributed by atoms with Crippen molar-refractivity contribution in [3.8, 4) is 11.5 Å². The summed E-state index contributed by atoms with van der Waals surface area (Å²) in [6.07, 6.45) is -0.268. The molecule has 7 nitrogen and oxygen atoms in total. The number of halogens is 3. The van der Waals surface area contributed by atoms with E-state index in [1.165, 1.54) is 19.2 Å². The largest absolute Gasteiger partial charge is 0.493 e. The highest BCUT2D eigenvalue weighted by atomic mass is 32.2. The first-order valence-corrected chi connectivity index (χ1v) is 13.2. The minimum Gasteiger partial charge on any atom is -0.493 e.